The van der Waals surface area contributed by atoms with Gasteiger partial charge in [0.1, 0.15) is 11.0 Å². The molecule has 0 bridgehead atoms. The number of hydrogen-bond acceptors (Lipinski definition) is 3. The van der Waals surface area contributed by atoms with Crippen LogP contribution in [-0.2, 0) is 14.6 Å². The summed E-state index contributed by atoms with van der Waals surface area (Å²) in [6, 6.07) is 6.81. The summed E-state index contributed by atoms with van der Waals surface area (Å²) in [5.41, 5.74) is 0.896. The maximum atomic E-state index is 12.7. The largest absolute Gasteiger partial charge is 0.302 e. The summed E-state index contributed by atoms with van der Waals surface area (Å²) in [6.07, 6.45) is 4.19. The van der Waals surface area contributed by atoms with Crippen LogP contribution in [0.25, 0.3) is 0 Å². The first kappa shape index (κ1) is 13.3. The summed E-state index contributed by atoms with van der Waals surface area (Å²) in [5, 5.41) is 0. The lowest BCUT2D eigenvalue weighted by Crippen LogP contribution is -2.42. The van der Waals surface area contributed by atoms with Crippen molar-refractivity contribution in [3.05, 3.63) is 29.8 Å². The molecule has 1 saturated carbocycles. The molecule has 0 heterocycles. The van der Waals surface area contributed by atoms with Gasteiger partial charge < -0.3 is 4.79 Å². The van der Waals surface area contributed by atoms with Crippen LogP contribution >= 0.6 is 0 Å². The average Bonchev–Trinajstić information content (AvgIpc) is 2.39. The average molecular weight is 266 g/mol. The molecule has 0 saturated heterocycles. The highest BCUT2D eigenvalue weighted by atomic mass is 32.2. The van der Waals surface area contributed by atoms with Gasteiger partial charge in [-0.05, 0) is 37.5 Å². The minimum atomic E-state index is -3.56. The Morgan fingerprint density at radius 1 is 1.17 bits per heavy atom. The van der Waals surface area contributed by atoms with Crippen molar-refractivity contribution in [1.29, 1.82) is 0 Å². The van der Waals surface area contributed by atoms with Gasteiger partial charge in [0.05, 0.1) is 4.90 Å². The summed E-state index contributed by atoms with van der Waals surface area (Å²) in [7, 11) is -3.56. The zero-order valence-electron chi connectivity index (χ0n) is 10.6. The molecule has 2 rings (SSSR count). The van der Waals surface area contributed by atoms with Crippen LogP contribution in [0.15, 0.2) is 29.2 Å². The van der Waals surface area contributed by atoms with E-state index in [4.69, 9.17) is 0 Å². The highest BCUT2D eigenvalue weighted by molar-refractivity contribution is 7.93. The maximum absolute atomic E-state index is 12.7. The van der Waals surface area contributed by atoms with Gasteiger partial charge in [-0.1, -0.05) is 31.4 Å². The molecule has 1 aromatic carbocycles. The second-order valence-electron chi connectivity index (χ2n) is 5.06. The zero-order chi connectivity index (χ0) is 13.2. The number of aldehydes is 1. The van der Waals surface area contributed by atoms with Crippen molar-refractivity contribution in [3.63, 3.8) is 0 Å². The molecule has 0 spiro atoms. The summed E-state index contributed by atoms with van der Waals surface area (Å²) < 4.78 is 24.1. The van der Waals surface area contributed by atoms with Crippen molar-refractivity contribution in [2.75, 3.05) is 0 Å². The van der Waals surface area contributed by atoms with Gasteiger partial charge in [0.15, 0.2) is 9.84 Å². The molecule has 0 aliphatic heterocycles. The molecule has 1 fully saturated rings. The van der Waals surface area contributed by atoms with Crippen molar-refractivity contribution in [2.24, 2.45) is 0 Å². The first-order chi connectivity index (χ1) is 8.52. The van der Waals surface area contributed by atoms with Gasteiger partial charge in [-0.25, -0.2) is 8.42 Å². The molecule has 0 amide bonds. The van der Waals surface area contributed by atoms with Crippen molar-refractivity contribution < 1.29 is 13.2 Å². The molecular formula is C14H18O3S. The number of benzene rings is 1. The van der Waals surface area contributed by atoms with Crippen molar-refractivity contribution in [1.82, 2.24) is 0 Å². The Labute approximate surface area is 108 Å². The second kappa shape index (κ2) is 4.84. The fourth-order valence-corrected chi connectivity index (χ4v) is 4.64. The van der Waals surface area contributed by atoms with Crippen molar-refractivity contribution in [2.45, 2.75) is 48.7 Å². The van der Waals surface area contributed by atoms with Crippen molar-refractivity contribution >= 4 is 16.1 Å². The lowest BCUT2D eigenvalue weighted by Gasteiger charge is -2.31. The van der Waals surface area contributed by atoms with Crippen LogP contribution in [0.2, 0.25) is 0 Å². The van der Waals surface area contributed by atoms with E-state index in [1.807, 2.05) is 13.0 Å². The Balaban J connectivity index is 2.49. The van der Waals surface area contributed by atoms with E-state index in [-0.39, 0.29) is 4.90 Å². The quantitative estimate of drug-likeness (QED) is 0.790. The van der Waals surface area contributed by atoms with Crippen molar-refractivity contribution in [3.8, 4) is 0 Å². The maximum Gasteiger partial charge on any atom is 0.190 e. The first-order valence-electron chi connectivity index (χ1n) is 6.29. The molecule has 1 aliphatic rings. The van der Waals surface area contributed by atoms with E-state index >= 15 is 0 Å². The number of aryl methyl sites for hydroxylation is 1. The smallest absolute Gasteiger partial charge is 0.190 e. The van der Waals surface area contributed by atoms with Gasteiger partial charge in [-0.3, -0.25) is 0 Å². The van der Waals surface area contributed by atoms with E-state index in [1.54, 1.807) is 18.2 Å². The fraction of sp³-hybridized carbons (Fsp3) is 0.500. The normalized spacial score (nSPS) is 19.4. The molecule has 0 aromatic heterocycles. The van der Waals surface area contributed by atoms with Gasteiger partial charge in [-0.15, -0.1) is 0 Å². The van der Waals surface area contributed by atoms with E-state index in [0.29, 0.717) is 19.1 Å². The molecule has 0 radical (unpaired) electrons. The molecule has 1 aliphatic carbocycles. The fourth-order valence-electron chi connectivity index (χ4n) is 2.62. The molecule has 4 heteroatoms. The first-order valence-corrected chi connectivity index (χ1v) is 7.78. The Kier molecular flexibility index (Phi) is 3.57. The topological polar surface area (TPSA) is 51.2 Å². The monoisotopic (exact) mass is 266 g/mol. The van der Waals surface area contributed by atoms with E-state index in [9.17, 15) is 13.2 Å². The summed E-state index contributed by atoms with van der Waals surface area (Å²) in [5.74, 6) is 0. The van der Waals surface area contributed by atoms with Gasteiger partial charge in [0.25, 0.3) is 0 Å². The Hall–Kier alpha value is -1.16. The summed E-state index contributed by atoms with van der Waals surface area (Å²) >= 11 is 0. The molecular weight excluding hydrogens is 248 g/mol. The van der Waals surface area contributed by atoms with E-state index < -0.39 is 14.6 Å². The van der Waals surface area contributed by atoms with Crippen LogP contribution in [0.3, 0.4) is 0 Å². The lowest BCUT2D eigenvalue weighted by molar-refractivity contribution is -0.110. The lowest BCUT2D eigenvalue weighted by atomic mass is 9.89. The van der Waals surface area contributed by atoms with E-state index in [2.05, 4.69) is 0 Å². The SMILES string of the molecule is Cc1cccc(S(=O)(=O)C2(C=O)CCCCC2)c1. The van der Waals surface area contributed by atoms with Gasteiger partial charge in [0.2, 0.25) is 0 Å². The van der Waals surface area contributed by atoms with Crippen LogP contribution in [0, 0.1) is 6.92 Å². The number of carbonyl (C=O) groups is 1. The third kappa shape index (κ3) is 2.09. The second-order valence-corrected chi connectivity index (χ2v) is 7.35. The molecule has 0 unspecified atom stereocenters. The summed E-state index contributed by atoms with van der Waals surface area (Å²) in [6.45, 7) is 1.85. The predicted molar refractivity (Wildman–Crippen MR) is 70.2 cm³/mol. The highest BCUT2D eigenvalue weighted by Crippen LogP contribution is 2.37. The molecule has 0 atom stereocenters. The van der Waals surface area contributed by atoms with Crippen LogP contribution < -0.4 is 0 Å². The van der Waals surface area contributed by atoms with Crippen LogP contribution in [0.4, 0.5) is 0 Å². The third-order valence-electron chi connectivity index (χ3n) is 3.75. The molecule has 1 aromatic rings. The van der Waals surface area contributed by atoms with E-state index in [1.165, 1.54) is 0 Å². The third-order valence-corrected chi connectivity index (χ3v) is 6.20. The van der Waals surface area contributed by atoms with Crippen LogP contribution in [0.1, 0.15) is 37.7 Å². The van der Waals surface area contributed by atoms with Crippen LogP contribution in [0.5, 0.6) is 0 Å². The van der Waals surface area contributed by atoms with Crippen LogP contribution in [-0.4, -0.2) is 19.5 Å². The van der Waals surface area contributed by atoms with Gasteiger partial charge >= 0.3 is 0 Å². The van der Waals surface area contributed by atoms with Gasteiger partial charge in [0, 0.05) is 0 Å². The summed E-state index contributed by atoms with van der Waals surface area (Å²) in [4.78, 5) is 11.7. The van der Waals surface area contributed by atoms with Gasteiger partial charge in [-0.2, -0.15) is 0 Å². The standard InChI is InChI=1S/C14H18O3S/c1-12-6-5-7-13(10-12)18(16,17)14(11-15)8-3-2-4-9-14/h5-7,10-11H,2-4,8-9H2,1H3. The Morgan fingerprint density at radius 2 is 1.83 bits per heavy atom. The molecule has 3 nitrogen and oxygen atoms in total. The predicted octanol–water partition coefficient (Wildman–Crippen LogP) is 2.67. The molecule has 0 N–H and O–H groups in total. The zero-order valence-corrected chi connectivity index (χ0v) is 11.4. The molecule has 98 valence electrons. The highest BCUT2D eigenvalue weighted by Gasteiger charge is 2.45. The number of carbonyl (C=O) groups excluding carboxylic acids is 1. The Morgan fingerprint density at radius 3 is 2.39 bits per heavy atom. The minimum Gasteiger partial charge on any atom is -0.302 e. The number of sulfone groups is 1. The number of rotatable bonds is 3. The molecule has 18 heavy (non-hydrogen) atoms. The number of hydrogen-bond donors (Lipinski definition) is 0. The minimum absolute atomic E-state index is 0.275. The Bertz CT molecular complexity index is 540. The van der Waals surface area contributed by atoms with E-state index in [0.717, 1.165) is 24.8 Å².